The topological polar surface area (TPSA) is 124 Å². The highest BCUT2D eigenvalue weighted by Gasteiger charge is 2.45. The maximum atomic E-state index is 11.6. The van der Waals surface area contributed by atoms with Crippen LogP contribution in [0.15, 0.2) is 24.3 Å². The predicted octanol–water partition coefficient (Wildman–Crippen LogP) is -1.90. The molecule has 1 aliphatic heterocycles. The molecule has 112 valence electrons. The van der Waals surface area contributed by atoms with Crippen LogP contribution in [0, 0.1) is 0 Å². The number of rotatable bonds is 5. The number of Topliss-reactive ketones (excluding diaryl/α,β-unsaturated/α-hetero) is 1. The Hall–Kier alpha value is -1.38. The zero-order valence-electron chi connectivity index (χ0n) is 11.0. The number of aliphatic hydroxyl groups is 4. The summed E-state index contributed by atoms with van der Waals surface area (Å²) in [6.07, 6.45) is -5.25. The van der Waals surface area contributed by atoms with Crippen LogP contribution in [-0.4, -0.2) is 69.1 Å². The fourth-order valence-electron chi connectivity index (χ4n) is 1.95. The average molecular weight is 286 g/mol. The Bertz CT molecular complexity index is 426. The Labute approximate surface area is 115 Å². The Balaban J connectivity index is 3.12. The molecule has 0 aromatic heterocycles. The van der Waals surface area contributed by atoms with Crippen LogP contribution in [0.3, 0.4) is 0 Å². The molecule has 0 aromatic carbocycles. The summed E-state index contributed by atoms with van der Waals surface area (Å²) < 4.78 is 5.21. The van der Waals surface area contributed by atoms with E-state index in [0.29, 0.717) is 0 Å². The second kappa shape index (κ2) is 6.87. The first kappa shape index (κ1) is 16.7. The zero-order chi connectivity index (χ0) is 15.4. The highest BCUT2D eigenvalue weighted by atomic mass is 16.5. The van der Waals surface area contributed by atoms with E-state index >= 15 is 0 Å². The molecule has 7 heteroatoms. The van der Waals surface area contributed by atoms with E-state index in [2.05, 4.69) is 6.58 Å². The van der Waals surface area contributed by atoms with Gasteiger partial charge in [-0.2, -0.15) is 0 Å². The van der Waals surface area contributed by atoms with Gasteiger partial charge in [-0.15, -0.1) is 0 Å². The maximum absolute atomic E-state index is 11.6. The Kier molecular flexibility index (Phi) is 5.73. The van der Waals surface area contributed by atoms with E-state index in [4.69, 9.17) is 9.84 Å². The molecule has 0 saturated carbocycles. The van der Waals surface area contributed by atoms with Crippen LogP contribution in [0.5, 0.6) is 0 Å². The number of ketones is 2. The lowest BCUT2D eigenvalue weighted by Gasteiger charge is -2.40. The number of hydrogen-bond acceptors (Lipinski definition) is 7. The third-order valence-corrected chi connectivity index (χ3v) is 3.10. The van der Waals surface area contributed by atoms with E-state index in [0.717, 1.165) is 12.2 Å². The average Bonchev–Trinajstić information content (AvgIpc) is 2.42. The standard InChI is InChI=1S/C13H18O7/c1-3-7(16)4-8(6(2)15)13-12(19)11(18)10(17)9(5-14)20-13/h3-4,9-14,17-19H,1,5H2,2H3/t9-,10-,11+,12-,13?/m1/s1. The fraction of sp³-hybridized carbons (Fsp3) is 0.538. The van der Waals surface area contributed by atoms with Crippen molar-refractivity contribution in [2.24, 2.45) is 0 Å². The van der Waals surface area contributed by atoms with E-state index in [-0.39, 0.29) is 5.57 Å². The minimum atomic E-state index is -1.60. The van der Waals surface area contributed by atoms with E-state index in [1.165, 1.54) is 6.92 Å². The van der Waals surface area contributed by atoms with Crippen molar-refractivity contribution in [1.29, 1.82) is 0 Å². The van der Waals surface area contributed by atoms with E-state index in [1.54, 1.807) is 0 Å². The first-order chi connectivity index (χ1) is 9.33. The van der Waals surface area contributed by atoms with Gasteiger partial charge in [-0.3, -0.25) is 9.59 Å². The molecular weight excluding hydrogens is 268 g/mol. The summed E-state index contributed by atoms with van der Waals surface area (Å²) in [5, 5.41) is 38.2. The number of allylic oxidation sites excluding steroid dienone is 2. The Morgan fingerprint density at radius 2 is 1.80 bits per heavy atom. The van der Waals surface area contributed by atoms with E-state index in [1.807, 2.05) is 0 Å². The van der Waals surface area contributed by atoms with Crippen molar-refractivity contribution in [2.75, 3.05) is 6.61 Å². The van der Waals surface area contributed by atoms with Crippen LogP contribution >= 0.6 is 0 Å². The summed E-state index contributed by atoms with van der Waals surface area (Å²) in [6, 6.07) is 0. The van der Waals surface area contributed by atoms with Crippen LogP contribution in [0.1, 0.15) is 6.92 Å². The van der Waals surface area contributed by atoms with Crippen molar-refractivity contribution in [3.63, 3.8) is 0 Å². The molecule has 0 aliphatic carbocycles. The van der Waals surface area contributed by atoms with Crippen LogP contribution in [0.2, 0.25) is 0 Å². The molecule has 0 bridgehead atoms. The third-order valence-electron chi connectivity index (χ3n) is 3.10. The van der Waals surface area contributed by atoms with Gasteiger partial charge in [0.25, 0.3) is 0 Å². The monoisotopic (exact) mass is 286 g/mol. The summed E-state index contributed by atoms with van der Waals surface area (Å²) in [5.74, 6) is -1.10. The lowest BCUT2D eigenvalue weighted by atomic mass is 9.89. The molecule has 4 N–H and O–H groups in total. The lowest BCUT2D eigenvalue weighted by molar-refractivity contribution is -0.219. The summed E-state index contributed by atoms with van der Waals surface area (Å²) in [4.78, 5) is 22.9. The SMILES string of the molecule is C=CC(=O)C=C(C(C)=O)C1O[C@H](CO)[C@@H](O)[C@H](O)[C@H]1O. The molecule has 0 radical (unpaired) electrons. The Morgan fingerprint density at radius 3 is 2.25 bits per heavy atom. The van der Waals surface area contributed by atoms with Gasteiger partial charge in [0.2, 0.25) is 0 Å². The van der Waals surface area contributed by atoms with Gasteiger partial charge in [0, 0.05) is 5.57 Å². The fourth-order valence-corrected chi connectivity index (χ4v) is 1.95. The van der Waals surface area contributed by atoms with E-state index in [9.17, 15) is 24.9 Å². The predicted molar refractivity (Wildman–Crippen MR) is 67.7 cm³/mol. The van der Waals surface area contributed by atoms with Crippen molar-refractivity contribution < 1.29 is 34.8 Å². The number of aliphatic hydroxyl groups excluding tert-OH is 4. The number of ether oxygens (including phenoxy) is 1. The molecule has 1 saturated heterocycles. The highest BCUT2D eigenvalue weighted by Crippen LogP contribution is 2.26. The quantitative estimate of drug-likeness (QED) is 0.435. The summed E-state index contributed by atoms with van der Waals surface area (Å²) in [6.45, 7) is 3.82. The van der Waals surface area contributed by atoms with Gasteiger partial charge in [0.1, 0.15) is 30.5 Å². The molecule has 7 nitrogen and oxygen atoms in total. The second-order valence-electron chi connectivity index (χ2n) is 4.51. The highest BCUT2D eigenvalue weighted by molar-refractivity contribution is 6.06. The molecule has 1 rings (SSSR count). The van der Waals surface area contributed by atoms with Gasteiger partial charge in [-0.25, -0.2) is 0 Å². The van der Waals surface area contributed by atoms with E-state index < -0.39 is 48.7 Å². The van der Waals surface area contributed by atoms with Gasteiger partial charge in [0.05, 0.1) is 6.61 Å². The van der Waals surface area contributed by atoms with Gasteiger partial charge in [-0.05, 0) is 19.1 Å². The summed E-state index contributed by atoms with van der Waals surface area (Å²) >= 11 is 0. The molecule has 1 heterocycles. The van der Waals surface area contributed by atoms with Crippen LogP contribution < -0.4 is 0 Å². The smallest absolute Gasteiger partial charge is 0.178 e. The summed E-state index contributed by atoms with van der Waals surface area (Å²) in [7, 11) is 0. The molecule has 1 unspecified atom stereocenters. The molecule has 1 aliphatic rings. The second-order valence-corrected chi connectivity index (χ2v) is 4.51. The van der Waals surface area contributed by atoms with Crippen molar-refractivity contribution >= 4 is 11.6 Å². The van der Waals surface area contributed by atoms with Gasteiger partial charge in [-0.1, -0.05) is 6.58 Å². The molecule has 0 amide bonds. The van der Waals surface area contributed by atoms with Crippen LogP contribution in [0.4, 0.5) is 0 Å². The first-order valence-electron chi connectivity index (χ1n) is 6.03. The molecule has 20 heavy (non-hydrogen) atoms. The van der Waals surface area contributed by atoms with Crippen LogP contribution in [0.25, 0.3) is 0 Å². The lowest BCUT2D eigenvalue weighted by Crippen LogP contribution is -2.59. The normalized spacial score (nSPS) is 34.6. The van der Waals surface area contributed by atoms with Crippen LogP contribution in [-0.2, 0) is 14.3 Å². The molecule has 0 aromatic rings. The third kappa shape index (κ3) is 3.38. The number of carbonyl (C=O) groups is 2. The molecule has 5 atom stereocenters. The van der Waals surface area contributed by atoms with Crippen molar-refractivity contribution in [3.8, 4) is 0 Å². The molecule has 0 spiro atoms. The van der Waals surface area contributed by atoms with Crippen molar-refractivity contribution in [1.82, 2.24) is 0 Å². The molecular formula is C13H18O7. The van der Waals surface area contributed by atoms with Gasteiger partial charge in [0.15, 0.2) is 11.6 Å². The van der Waals surface area contributed by atoms with Gasteiger partial charge >= 0.3 is 0 Å². The Morgan fingerprint density at radius 1 is 1.20 bits per heavy atom. The maximum Gasteiger partial charge on any atom is 0.178 e. The largest absolute Gasteiger partial charge is 0.394 e. The minimum absolute atomic E-state index is 0.160. The number of carbonyl (C=O) groups excluding carboxylic acids is 2. The van der Waals surface area contributed by atoms with Crippen molar-refractivity contribution in [3.05, 3.63) is 24.3 Å². The first-order valence-corrected chi connectivity index (χ1v) is 6.03. The molecule has 1 fully saturated rings. The summed E-state index contributed by atoms with van der Waals surface area (Å²) in [5.41, 5.74) is -0.160. The zero-order valence-corrected chi connectivity index (χ0v) is 11.0. The van der Waals surface area contributed by atoms with Crippen molar-refractivity contribution in [2.45, 2.75) is 37.4 Å². The minimum Gasteiger partial charge on any atom is -0.394 e. The van der Waals surface area contributed by atoms with Gasteiger partial charge < -0.3 is 25.2 Å². The number of hydrogen-bond donors (Lipinski definition) is 4.